The minimum atomic E-state index is 0.574. The molecular formula is C13H12N4O. The van der Waals surface area contributed by atoms with Gasteiger partial charge in [-0.25, -0.2) is 4.68 Å². The van der Waals surface area contributed by atoms with E-state index in [0.29, 0.717) is 17.1 Å². The fourth-order valence-electron chi connectivity index (χ4n) is 2.14. The minimum absolute atomic E-state index is 0.574. The Morgan fingerprint density at radius 1 is 1.22 bits per heavy atom. The van der Waals surface area contributed by atoms with Crippen LogP contribution in [0.1, 0.15) is 16.1 Å². The van der Waals surface area contributed by atoms with Crippen molar-refractivity contribution in [2.45, 2.75) is 6.92 Å². The first-order valence-corrected chi connectivity index (χ1v) is 5.64. The second kappa shape index (κ2) is 3.80. The molecule has 0 aliphatic rings. The lowest BCUT2D eigenvalue weighted by Gasteiger charge is -2.01. The van der Waals surface area contributed by atoms with Crippen molar-refractivity contribution in [2.24, 2.45) is 7.05 Å². The molecule has 0 saturated carbocycles. The van der Waals surface area contributed by atoms with Gasteiger partial charge in [0.05, 0.1) is 16.8 Å². The highest BCUT2D eigenvalue weighted by atomic mass is 16.1. The maximum absolute atomic E-state index is 11.2. The number of aromatic nitrogens is 4. The smallest absolute Gasteiger partial charge is 0.162 e. The van der Waals surface area contributed by atoms with Gasteiger partial charge in [-0.3, -0.25) is 9.48 Å². The molecule has 0 atom stereocenters. The molecule has 0 bridgehead atoms. The van der Waals surface area contributed by atoms with E-state index >= 15 is 0 Å². The lowest BCUT2D eigenvalue weighted by Crippen LogP contribution is -2.05. The van der Waals surface area contributed by atoms with E-state index < -0.39 is 0 Å². The van der Waals surface area contributed by atoms with Crippen LogP contribution >= 0.6 is 0 Å². The minimum Gasteiger partial charge on any atom is -0.298 e. The molecular weight excluding hydrogens is 228 g/mol. The molecule has 5 heteroatoms. The molecule has 18 heavy (non-hydrogen) atoms. The molecule has 90 valence electrons. The summed E-state index contributed by atoms with van der Waals surface area (Å²) in [4.78, 5) is 11.2. The van der Waals surface area contributed by atoms with Gasteiger partial charge in [0.1, 0.15) is 0 Å². The highest BCUT2D eigenvalue weighted by Crippen LogP contribution is 2.19. The summed E-state index contributed by atoms with van der Waals surface area (Å²) in [7, 11) is 1.81. The average molecular weight is 240 g/mol. The van der Waals surface area contributed by atoms with Crippen molar-refractivity contribution in [3.05, 3.63) is 41.7 Å². The zero-order valence-corrected chi connectivity index (χ0v) is 10.2. The third-order valence-electron chi connectivity index (χ3n) is 2.99. The second-order valence-electron chi connectivity index (χ2n) is 4.20. The zero-order chi connectivity index (χ0) is 12.7. The second-order valence-corrected chi connectivity index (χ2v) is 4.20. The molecule has 0 radical (unpaired) electrons. The number of hydrogen-bond acceptors (Lipinski definition) is 3. The highest BCUT2D eigenvalue weighted by molar-refractivity contribution is 5.83. The SMILES string of the molecule is Cc1nn(C)c(-n2cc3ccccc3n2)c1C=O. The van der Waals surface area contributed by atoms with Crippen LogP contribution in [0.3, 0.4) is 0 Å². The van der Waals surface area contributed by atoms with Crippen LogP contribution in [0.5, 0.6) is 0 Å². The molecule has 2 aromatic heterocycles. The molecule has 5 nitrogen and oxygen atoms in total. The van der Waals surface area contributed by atoms with E-state index in [0.717, 1.165) is 17.2 Å². The van der Waals surface area contributed by atoms with Gasteiger partial charge in [-0.15, -0.1) is 0 Å². The number of carbonyl (C=O) groups excluding carboxylic acids is 1. The topological polar surface area (TPSA) is 52.7 Å². The Kier molecular flexibility index (Phi) is 2.26. The molecule has 1 aromatic carbocycles. The predicted octanol–water partition coefficient (Wildman–Crippen LogP) is 1.88. The van der Waals surface area contributed by atoms with Crippen molar-refractivity contribution in [2.75, 3.05) is 0 Å². The number of hydrogen-bond donors (Lipinski definition) is 0. The normalized spacial score (nSPS) is 11.0. The number of fused-ring (bicyclic) bond motifs is 1. The monoisotopic (exact) mass is 240 g/mol. The number of rotatable bonds is 2. The van der Waals surface area contributed by atoms with E-state index in [9.17, 15) is 4.79 Å². The molecule has 0 unspecified atom stereocenters. The van der Waals surface area contributed by atoms with Gasteiger partial charge in [0.25, 0.3) is 0 Å². The van der Waals surface area contributed by atoms with Gasteiger partial charge in [0, 0.05) is 18.6 Å². The van der Waals surface area contributed by atoms with Crippen molar-refractivity contribution < 1.29 is 4.79 Å². The quantitative estimate of drug-likeness (QED) is 0.643. The van der Waals surface area contributed by atoms with Crippen LogP contribution < -0.4 is 0 Å². The first kappa shape index (κ1) is 10.7. The van der Waals surface area contributed by atoms with Crippen molar-refractivity contribution in [3.63, 3.8) is 0 Å². The zero-order valence-electron chi connectivity index (χ0n) is 10.2. The molecule has 3 rings (SSSR count). The van der Waals surface area contributed by atoms with Crippen LogP contribution in [0.4, 0.5) is 0 Å². The third-order valence-corrected chi connectivity index (χ3v) is 2.99. The van der Waals surface area contributed by atoms with Crippen LogP contribution in [0.25, 0.3) is 16.7 Å². The standard InChI is InChI=1S/C13H12N4O/c1-9-11(8-18)13(16(2)14-9)17-7-10-5-3-4-6-12(10)15-17/h3-8H,1-2H3. The van der Waals surface area contributed by atoms with Crippen LogP contribution in [0.2, 0.25) is 0 Å². The Morgan fingerprint density at radius 3 is 2.72 bits per heavy atom. The van der Waals surface area contributed by atoms with Crippen molar-refractivity contribution in [1.82, 2.24) is 19.6 Å². The molecule has 0 fully saturated rings. The number of aldehydes is 1. The largest absolute Gasteiger partial charge is 0.298 e. The fraction of sp³-hybridized carbons (Fsp3) is 0.154. The summed E-state index contributed by atoms with van der Waals surface area (Å²) >= 11 is 0. The van der Waals surface area contributed by atoms with Gasteiger partial charge in [0.2, 0.25) is 0 Å². The Bertz CT molecular complexity index is 706. The molecule has 0 spiro atoms. The van der Waals surface area contributed by atoms with Crippen molar-refractivity contribution >= 4 is 17.2 Å². The Balaban J connectivity index is 2.28. The van der Waals surface area contributed by atoms with E-state index in [1.54, 1.807) is 9.36 Å². The number of benzene rings is 1. The number of aryl methyl sites for hydroxylation is 2. The van der Waals surface area contributed by atoms with Crippen LogP contribution in [0, 0.1) is 6.92 Å². The van der Waals surface area contributed by atoms with Gasteiger partial charge in [-0.1, -0.05) is 18.2 Å². The van der Waals surface area contributed by atoms with E-state index in [-0.39, 0.29) is 0 Å². The van der Waals surface area contributed by atoms with Gasteiger partial charge >= 0.3 is 0 Å². The summed E-state index contributed by atoms with van der Waals surface area (Å²) in [6.45, 7) is 1.82. The number of carbonyl (C=O) groups is 1. The Morgan fingerprint density at radius 2 is 2.00 bits per heavy atom. The highest BCUT2D eigenvalue weighted by Gasteiger charge is 2.15. The lowest BCUT2D eigenvalue weighted by atomic mass is 10.2. The van der Waals surface area contributed by atoms with Crippen molar-refractivity contribution in [3.8, 4) is 5.82 Å². The summed E-state index contributed by atoms with van der Waals surface area (Å²) in [5, 5.41) is 9.75. The molecule has 3 aromatic rings. The number of nitrogens with zero attached hydrogens (tertiary/aromatic N) is 4. The summed E-state index contributed by atoms with van der Waals surface area (Å²) in [5.74, 6) is 0.693. The summed E-state index contributed by atoms with van der Waals surface area (Å²) in [6, 6.07) is 7.83. The Labute approximate surface area is 104 Å². The Hall–Kier alpha value is -2.43. The maximum atomic E-state index is 11.2. The first-order valence-electron chi connectivity index (χ1n) is 5.64. The van der Waals surface area contributed by atoms with Crippen LogP contribution in [0.15, 0.2) is 30.5 Å². The van der Waals surface area contributed by atoms with Crippen LogP contribution in [-0.2, 0) is 7.05 Å². The first-order chi connectivity index (χ1) is 8.70. The average Bonchev–Trinajstić information content (AvgIpc) is 2.88. The maximum Gasteiger partial charge on any atom is 0.162 e. The molecule has 0 N–H and O–H groups in total. The van der Waals surface area contributed by atoms with Gasteiger partial charge < -0.3 is 0 Å². The van der Waals surface area contributed by atoms with Gasteiger partial charge in [-0.2, -0.15) is 10.2 Å². The molecule has 0 aliphatic carbocycles. The van der Waals surface area contributed by atoms with E-state index in [4.69, 9.17) is 0 Å². The summed E-state index contributed by atoms with van der Waals surface area (Å²) < 4.78 is 3.37. The molecule has 0 amide bonds. The molecule has 2 heterocycles. The van der Waals surface area contributed by atoms with Crippen molar-refractivity contribution in [1.29, 1.82) is 0 Å². The van der Waals surface area contributed by atoms with Gasteiger partial charge in [-0.05, 0) is 13.0 Å². The lowest BCUT2D eigenvalue weighted by molar-refractivity contribution is 0.112. The molecule has 0 aliphatic heterocycles. The molecule has 0 saturated heterocycles. The van der Waals surface area contributed by atoms with E-state index in [1.807, 2.05) is 44.4 Å². The van der Waals surface area contributed by atoms with Crippen LogP contribution in [-0.4, -0.2) is 25.8 Å². The predicted molar refractivity (Wildman–Crippen MR) is 68.0 cm³/mol. The van der Waals surface area contributed by atoms with E-state index in [2.05, 4.69) is 10.2 Å². The van der Waals surface area contributed by atoms with Gasteiger partial charge in [0.15, 0.2) is 12.1 Å². The fourth-order valence-corrected chi connectivity index (χ4v) is 2.14. The third kappa shape index (κ3) is 1.44. The van der Waals surface area contributed by atoms with E-state index in [1.165, 1.54) is 0 Å². The summed E-state index contributed by atoms with van der Waals surface area (Å²) in [6.07, 6.45) is 2.72. The summed E-state index contributed by atoms with van der Waals surface area (Å²) in [5.41, 5.74) is 2.18.